The Bertz CT molecular complexity index is 231. The SMILES string of the molecule is CCCCCC/C=C1\CC(=O)OC(C)C1. The number of unbranched alkanes of at least 4 members (excludes halogenated alkanes) is 4. The molecule has 0 aromatic carbocycles. The predicted octanol–water partition coefficient (Wildman–Crippen LogP) is 3.61. The summed E-state index contributed by atoms with van der Waals surface area (Å²) in [6.07, 6.45) is 10.0. The maximum absolute atomic E-state index is 11.2. The van der Waals surface area contributed by atoms with Gasteiger partial charge in [0.05, 0.1) is 6.42 Å². The number of hydrogen-bond donors (Lipinski definition) is 0. The molecule has 1 aliphatic rings. The highest BCUT2D eigenvalue weighted by molar-refractivity contribution is 5.73. The van der Waals surface area contributed by atoms with E-state index >= 15 is 0 Å². The number of hydrogen-bond acceptors (Lipinski definition) is 2. The van der Waals surface area contributed by atoms with Gasteiger partial charge < -0.3 is 4.74 Å². The van der Waals surface area contributed by atoms with Gasteiger partial charge in [-0.1, -0.05) is 37.8 Å². The van der Waals surface area contributed by atoms with Crippen molar-refractivity contribution in [2.24, 2.45) is 0 Å². The summed E-state index contributed by atoms with van der Waals surface area (Å²) in [4.78, 5) is 11.2. The molecule has 15 heavy (non-hydrogen) atoms. The molecule has 0 saturated carbocycles. The number of allylic oxidation sites excluding steroid dienone is 1. The summed E-state index contributed by atoms with van der Waals surface area (Å²) in [5, 5.41) is 0. The van der Waals surface area contributed by atoms with Crippen molar-refractivity contribution in [1.82, 2.24) is 0 Å². The van der Waals surface area contributed by atoms with Crippen molar-refractivity contribution in [2.75, 3.05) is 0 Å². The second-order valence-electron chi connectivity index (χ2n) is 4.39. The summed E-state index contributed by atoms with van der Waals surface area (Å²) >= 11 is 0. The first-order chi connectivity index (χ1) is 7.22. The first-order valence-corrected chi connectivity index (χ1v) is 6.09. The van der Waals surface area contributed by atoms with Gasteiger partial charge in [0.1, 0.15) is 6.10 Å². The molecule has 0 N–H and O–H groups in total. The van der Waals surface area contributed by atoms with Crippen molar-refractivity contribution in [2.45, 2.75) is 64.9 Å². The third kappa shape index (κ3) is 5.01. The number of ether oxygens (including phenoxy) is 1. The molecule has 0 bridgehead atoms. The van der Waals surface area contributed by atoms with E-state index in [1.54, 1.807) is 0 Å². The normalized spacial score (nSPS) is 24.3. The summed E-state index contributed by atoms with van der Waals surface area (Å²) in [7, 11) is 0. The maximum atomic E-state index is 11.2. The number of esters is 1. The van der Waals surface area contributed by atoms with Crippen LogP contribution in [0, 0.1) is 0 Å². The van der Waals surface area contributed by atoms with Crippen LogP contribution in [0.25, 0.3) is 0 Å². The number of carbonyl (C=O) groups excluding carboxylic acids is 1. The Morgan fingerprint density at radius 3 is 2.87 bits per heavy atom. The molecule has 0 aliphatic carbocycles. The van der Waals surface area contributed by atoms with Crippen LogP contribution in [-0.2, 0) is 9.53 Å². The highest BCUT2D eigenvalue weighted by Gasteiger charge is 2.19. The molecule has 1 fully saturated rings. The first kappa shape index (κ1) is 12.3. The molecule has 1 rings (SSSR count). The van der Waals surface area contributed by atoms with Gasteiger partial charge in [0.25, 0.3) is 0 Å². The molecular formula is C13H22O2. The zero-order valence-corrected chi connectivity index (χ0v) is 9.92. The van der Waals surface area contributed by atoms with Gasteiger partial charge in [-0.25, -0.2) is 0 Å². The number of carbonyl (C=O) groups is 1. The molecule has 0 aromatic heterocycles. The fourth-order valence-electron chi connectivity index (χ4n) is 1.97. The van der Waals surface area contributed by atoms with E-state index in [4.69, 9.17) is 4.74 Å². The van der Waals surface area contributed by atoms with E-state index in [1.165, 1.54) is 31.3 Å². The number of cyclic esters (lactones) is 1. The molecule has 0 spiro atoms. The Morgan fingerprint density at radius 2 is 2.20 bits per heavy atom. The Kier molecular flexibility index (Phi) is 5.44. The maximum Gasteiger partial charge on any atom is 0.310 e. The summed E-state index contributed by atoms with van der Waals surface area (Å²) in [5.41, 5.74) is 1.27. The third-order valence-electron chi connectivity index (χ3n) is 2.74. The van der Waals surface area contributed by atoms with Crippen molar-refractivity contribution in [3.63, 3.8) is 0 Å². The molecule has 1 aliphatic heterocycles. The molecule has 0 amide bonds. The first-order valence-electron chi connectivity index (χ1n) is 6.09. The minimum absolute atomic E-state index is 0.0615. The van der Waals surface area contributed by atoms with Gasteiger partial charge in [-0.05, 0) is 19.8 Å². The smallest absolute Gasteiger partial charge is 0.310 e. The Balaban J connectivity index is 2.23. The molecule has 0 aromatic rings. The second kappa shape index (κ2) is 6.65. The van der Waals surface area contributed by atoms with Gasteiger partial charge in [-0.2, -0.15) is 0 Å². The fourth-order valence-corrected chi connectivity index (χ4v) is 1.97. The van der Waals surface area contributed by atoms with E-state index in [-0.39, 0.29) is 12.1 Å². The van der Waals surface area contributed by atoms with Gasteiger partial charge in [-0.3, -0.25) is 4.79 Å². The van der Waals surface area contributed by atoms with E-state index < -0.39 is 0 Å². The average molecular weight is 210 g/mol. The summed E-state index contributed by atoms with van der Waals surface area (Å²) in [6.45, 7) is 4.18. The molecule has 86 valence electrons. The van der Waals surface area contributed by atoms with Crippen LogP contribution < -0.4 is 0 Å². The standard InChI is InChI=1S/C13H22O2/c1-3-4-5-6-7-8-12-9-11(2)15-13(14)10-12/h8,11H,3-7,9-10H2,1-2H3/b12-8-. The molecule has 1 heterocycles. The summed E-state index contributed by atoms with van der Waals surface area (Å²) in [6, 6.07) is 0. The quantitative estimate of drug-likeness (QED) is 0.393. The van der Waals surface area contributed by atoms with Crippen LogP contribution in [0.5, 0.6) is 0 Å². The Hall–Kier alpha value is -0.790. The molecule has 2 nitrogen and oxygen atoms in total. The molecule has 2 heteroatoms. The highest BCUT2D eigenvalue weighted by Crippen LogP contribution is 2.21. The minimum Gasteiger partial charge on any atom is -0.462 e. The van der Waals surface area contributed by atoms with Gasteiger partial charge in [0.15, 0.2) is 0 Å². The van der Waals surface area contributed by atoms with Gasteiger partial charge in [0.2, 0.25) is 0 Å². The van der Waals surface area contributed by atoms with Crippen molar-refractivity contribution < 1.29 is 9.53 Å². The van der Waals surface area contributed by atoms with Crippen LogP contribution in [0.4, 0.5) is 0 Å². The van der Waals surface area contributed by atoms with Crippen molar-refractivity contribution in [1.29, 1.82) is 0 Å². The van der Waals surface area contributed by atoms with Gasteiger partial charge in [-0.15, -0.1) is 0 Å². The van der Waals surface area contributed by atoms with Gasteiger partial charge in [0, 0.05) is 6.42 Å². The lowest BCUT2D eigenvalue weighted by atomic mass is 10.0. The fraction of sp³-hybridized carbons (Fsp3) is 0.769. The molecule has 1 saturated heterocycles. The number of rotatable bonds is 5. The van der Waals surface area contributed by atoms with E-state index in [0.29, 0.717) is 6.42 Å². The summed E-state index contributed by atoms with van der Waals surface area (Å²) < 4.78 is 5.08. The molecular weight excluding hydrogens is 188 g/mol. The van der Waals surface area contributed by atoms with Crippen LogP contribution in [0.15, 0.2) is 11.6 Å². The Morgan fingerprint density at radius 1 is 1.40 bits per heavy atom. The third-order valence-corrected chi connectivity index (χ3v) is 2.74. The zero-order chi connectivity index (χ0) is 11.1. The van der Waals surface area contributed by atoms with Gasteiger partial charge >= 0.3 is 5.97 Å². The second-order valence-corrected chi connectivity index (χ2v) is 4.39. The van der Waals surface area contributed by atoms with Crippen LogP contribution in [-0.4, -0.2) is 12.1 Å². The topological polar surface area (TPSA) is 26.3 Å². The lowest BCUT2D eigenvalue weighted by Gasteiger charge is -2.21. The Labute approximate surface area is 92.7 Å². The van der Waals surface area contributed by atoms with Crippen LogP contribution in [0.2, 0.25) is 0 Å². The van der Waals surface area contributed by atoms with E-state index in [1.807, 2.05) is 6.92 Å². The van der Waals surface area contributed by atoms with E-state index in [0.717, 1.165) is 12.8 Å². The predicted molar refractivity (Wildman–Crippen MR) is 61.6 cm³/mol. The van der Waals surface area contributed by atoms with Crippen molar-refractivity contribution >= 4 is 5.97 Å². The van der Waals surface area contributed by atoms with Crippen LogP contribution >= 0.6 is 0 Å². The monoisotopic (exact) mass is 210 g/mol. The zero-order valence-electron chi connectivity index (χ0n) is 9.92. The highest BCUT2D eigenvalue weighted by atomic mass is 16.5. The van der Waals surface area contributed by atoms with Crippen molar-refractivity contribution in [3.8, 4) is 0 Å². The lowest BCUT2D eigenvalue weighted by Crippen LogP contribution is -2.22. The van der Waals surface area contributed by atoms with Crippen LogP contribution in [0.3, 0.4) is 0 Å². The molecule has 1 atom stereocenters. The van der Waals surface area contributed by atoms with E-state index in [9.17, 15) is 4.79 Å². The average Bonchev–Trinajstić information content (AvgIpc) is 2.16. The van der Waals surface area contributed by atoms with E-state index in [2.05, 4.69) is 13.0 Å². The molecule has 1 unspecified atom stereocenters. The van der Waals surface area contributed by atoms with Crippen LogP contribution in [0.1, 0.15) is 58.8 Å². The summed E-state index contributed by atoms with van der Waals surface area (Å²) in [5.74, 6) is -0.0615. The largest absolute Gasteiger partial charge is 0.462 e. The minimum atomic E-state index is -0.0615. The molecule has 0 radical (unpaired) electrons. The lowest BCUT2D eigenvalue weighted by molar-refractivity contribution is -0.149. The van der Waals surface area contributed by atoms with Crippen molar-refractivity contribution in [3.05, 3.63) is 11.6 Å².